The topological polar surface area (TPSA) is 72.9 Å². The van der Waals surface area contributed by atoms with E-state index < -0.39 is 0 Å². The maximum absolute atomic E-state index is 12.1. The van der Waals surface area contributed by atoms with Crippen molar-refractivity contribution in [3.63, 3.8) is 0 Å². The van der Waals surface area contributed by atoms with Gasteiger partial charge in [-0.1, -0.05) is 79.3 Å². The van der Waals surface area contributed by atoms with Crippen molar-refractivity contribution in [2.75, 3.05) is 18.1 Å². The van der Waals surface area contributed by atoms with Crippen LogP contribution in [0.1, 0.15) is 18.4 Å². The van der Waals surface area contributed by atoms with Crippen LogP contribution in [0.3, 0.4) is 0 Å². The molecule has 3 N–H and O–H groups in total. The molecule has 0 saturated carbocycles. The van der Waals surface area contributed by atoms with Crippen molar-refractivity contribution >= 4 is 17.7 Å². The molecular formula is C20H22N4OS. The number of imidazole rings is 1. The molecule has 6 heteroatoms. The molecule has 0 saturated heterocycles. The maximum Gasteiger partial charge on any atom is 0.230 e. The van der Waals surface area contributed by atoms with E-state index in [-0.39, 0.29) is 17.6 Å². The summed E-state index contributed by atoms with van der Waals surface area (Å²) in [4.78, 5) is 16.6. The number of hydrogen-bond acceptors (Lipinski definition) is 4. The van der Waals surface area contributed by atoms with Gasteiger partial charge in [0.1, 0.15) is 0 Å². The molecule has 0 radical (unpaired) electrons. The van der Waals surface area contributed by atoms with Gasteiger partial charge < -0.3 is 11.2 Å². The molecule has 1 heterocycles. The second-order valence-corrected chi connectivity index (χ2v) is 7.03. The molecule has 3 rings (SSSR count). The van der Waals surface area contributed by atoms with Crippen molar-refractivity contribution in [2.24, 2.45) is 0 Å². The Balaban J connectivity index is 1.51. The first-order chi connectivity index (χ1) is 12.6. The number of carbonyl (C=O) groups excluding carboxylic acids is 1. The summed E-state index contributed by atoms with van der Waals surface area (Å²) in [6.07, 6.45) is 1.77. The number of nitrogen functional groups attached to an aromatic ring is 1. The number of amides is 1. The predicted octanol–water partition coefficient (Wildman–Crippen LogP) is 3.28. The Bertz CT molecular complexity index is 849. The largest absolute Gasteiger partial charge is 0.355 e. The van der Waals surface area contributed by atoms with Gasteiger partial charge in [-0.2, -0.15) is 0 Å². The van der Waals surface area contributed by atoms with Gasteiger partial charge in [0.2, 0.25) is 5.91 Å². The molecule has 134 valence electrons. The molecule has 26 heavy (non-hydrogen) atoms. The summed E-state index contributed by atoms with van der Waals surface area (Å²) in [6.45, 7) is 2.71. The van der Waals surface area contributed by atoms with Gasteiger partial charge in [-0.3, -0.25) is 4.79 Å². The molecule has 3 aromatic rings. The summed E-state index contributed by atoms with van der Waals surface area (Å²) in [5.41, 5.74) is 3.01. The first kappa shape index (κ1) is 18.1. The van der Waals surface area contributed by atoms with E-state index >= 15 is 0 Å². The van der Waals surface area contributed by atoms with Gasteiger partial charge in [0.25, 0.3) is 0 Å². The highest BCUT2D eigenvalue weighted by atomic mass is 32.2. The van der Waals surface area contributed by atoms with Gasteiger partial charge in [0, 0.05) is 12.1 Å². The molecular weight excluding hydrogens is 344 g/mol. The number of aromatic nitrogens is 2. The van der Waals surface area contributed by atoms with Crippen LogP contribution < -0.4 is 11.2 Å². The van der Waals surface area contributed by atoms with E-state index in [2.05, 4.69) is 29.4 Å². The van der Waals surface area contributed by atoms with E-state index in [1.165, 1.54) is 22.0 Å². The molecule has 0 aliphatic heterocycles. The van der Waals surface area contributed by atoms with Crippen LogP contribution in [-0.4, -0.2) is 27.9 Å². The Morgan fingerprint density at radius 2 is 1.81 bits per heavy atom. The van der Waals surface area contributed by atoms with Crippen molar-refractivity contribution in [3.05, 3.63) is 72.4 Å². The van der Waals surface area contributed by atoms with Crippen LogP contribution in [0, 0.1) is 0 Å². The molecule has 0 aliphatic carbocycles. The fourth-order valence-corrected chi connectivity index (χ4v) is 3.31. The van der Waals surface area contributed by atoms with Crippen LogP contribution in [-0.2, 0) is 4.79 Å². The second-order valence-electron chi connectivity index (χ2n) is 6.09. The zero-order valence-corrected chi connectivity index (χ0v) is 15.4. The van der Waals surface area contributed by atoms with Crippen molar-refractivity contribution in [3.8, 4) is 11.3 Å². The fourth-order valence-electron chi connectivity index (χ4n) is 2.58. The number of benzene rings is 2. The minimum atomic E-state index is -0.0259. The highest BCUT2D eigenvalue weighted by molar-refractivity contribution is 7.99. The number of nitrogens with one attached hydrogen (secondary N) is 1. The quantitative estimate of drug-likeness (QED) is 0.497. The van der Waals surface area contributed by atoms with Gasteiger partial charge in [-0.15, -0.1) is 0 Å². The zero-order valence-electron chi connectivity index (χ0n) is 14.6. The van der Waals surface area contributed by atoms with Crippen molar-refractivity contribution in [2.45, 2.75) is 18.0 Å². The van der Waals surface area contributed by atoms with Crippen LogP contribution >= 0.6 is 11.8 Å². The van der Waals surface area contributed by atoms with E-state index in [0.29, 0.717) is 11.7 Å². The summed E-state index contributed by atoms with van der Waals surface area (Å²) in [5.74, 6) is 6.49. The second kappa shape index (κ2) is 8.58. The Labute approximate surface area is 157 Å². The average molecular weight is 366 g/mol. The first-order valence-corrected chi connectivity index (χ1v) is 9.46. The molecule has 1 unspecified atom stereocenters. The van der Waals surface area contributed by atoms with Crippen molar-refractivity contribution in [1.29, 1.82) is 0 Å². The summed E-state index contributed by atoms with van der Waals surface area (Å²) >= 11 is 1.33. The smallest absolute Gasteiger partial charge is 0.230 e. The van der Waals surface area contributed by atoms with Gasteiger partial charge >= 0.3 is 0 Å². The molecule has 5 nitrogen and oxygen atoms in total. The number of rotatable bonds is 7. The number of carbonyl (C=O) groups is 1. The Kier molecular flexibility index (Phi) is 5.96. The zero-order chi connectivity index (χ0) is 18.4. The third-order valence-corrected chi connectivity index (χ3v) is 5.04. The van der Waals surface area contributed by atoms with Crippen LogP contribution in [0.2, 0.25) is 0 Å². The minimum absolute atomic E-state index is 0.0259. The normalized spacial score (nSPS) is 11.9. The highest BCUT2D eigenvalue weighted by Gasteiger charge is 2.12. The number of nitrogens with zero attached hydrogens (tertiary/aromatic N) is 2. The van der Waals surface area contributed by atoms with Crippen molar-refractivity contribution < 1.29 is 4.79 Å². The first-order valence-electron chi connectivity index (χ1n) is 8.48. The van der Waals surface area contributed by atoms with Gasteiger partial charge in [0.05, 0.1) is 17.6 Å². The Morgan fingerprint density at radius 1 is 1.15 bits per heavy atom. The number of hydrogen-bond donors (Lipinski definition) is 2. The monoisotopic (exact) mass is 366 g/mol. The molecule has 1 amide bonds. The van der Waals surface area contributed by atoms with Crippen LogP contribution in [0.25, 0.3) is 11.3 Å². The SMILES string of the molecule is CC(CNC(=O)CSc1nc(-c2ccccc2)cn1N)c1ccccc1. The van der Waals surface area contributed by atoms with Crippen LogP contribution in [0.4, 0.5) is 0 Å². The molecule has 0 spiro atoms. The molecule has 1 atom stereocenters. The lowest BCUT2D eigenvalue weighted by Crippen LogP contribution is -2.29. The Morgan fingerprint density at radius 3 is 2.50 bits per heavy atom. The average Bonchev–Trinajstić information content (AvgIpc) is 3.06. The lowest BCUT2D eigenvalue weighted by Gasteiger charge is -2.12. The molecule has 2 aromatic carbocycles. The fraction of sp³-hybridized carbons (Fsp3) is 0.200. The lowest BCUT2D eigenvalue weighted by molar-refractivity contribution is -0.118. The van der Waals surface area contributed by atoms with E-state index in [0.717, 1.165) is 11.3 Å². The van der Waals surface area contributed by atoms with E-state index in [9.17, 15) is 4.79 Å². The van der Waals surface area contributed by atoms with Crippen LogP contribution in [0.5, 0.6) is 0 Å². The molecule has 0 bridgehead atoms. The van der Waals surface area contributed by atoms with E-state index in [1.54, 1.807) is 6.20 Å². The third-order valence-electron chi connectivity index (χ3n) is 4.07. The summed E-state index contributed by atoms with van der Waals surface area (Å²) < 4.78 is 1.47. The standard InChI is InChI=1S/C20H22N4OS/c1-15(16-8-4-2-5-9-16)12-22-19(25)14-26-20-23-18(13-24(20)21)17-10-6-3-7-11-17/h2-11,13,15H,12,14,21H2,1H3,(H,22,25). The van der Waals surface area contributed by atoms with Gasteiger partial charge in [-0.25, -0.2) is 9.66 Å². The van der Waals surface area contributed by atoms with Crippen LogP contribution in [0.15, 0.2) is 72.0 Å². The predicted molar refractivity (Wildman–Crippen MR) is 106 cm³/mol. The summed E-state index contributed by atoms with van der Waals surface area (Å²) in [5, 5.41) is 3.59. The molecule has 1 aromatic heterocycles. The van der Waals surface area contributed by atoms with E-state index in [4.69, 9.17) is 5.84 Å². The van der Waals surface area contributed by atoms with Crippen molar-refractivity contribution in [1.82, 2.24) is 15.0 Å². The maximum atomic E-state index is 12.1. The number of nitrogens with two attached hydrogens (primary N) is 1. The van der Waals surface area contributed by atoms with Gasteiger partial charge in [-0.05, 0) is 11.5 Å². The minimum Gasteiger partial charge on any atom is -0.355 e. The molecule has 0 fully saturated rings. The summed E-state index contributed by atoms with van der Waals surface area (Å²) in [7, 11) is 0. The third kappa shape index (κ3) is 4.67. The highest BCUT2D eigenvalue weighted by Crippen LogP contribution is 2.22. The number of thioether (sulfide) groups is 1. The van der Waals surface area contributed by atoms with Gasteiger partial charge in [0.15, 0.2) is 5.16 Å². The summed E-state index contributed by atoms with van der Waals surface area (Å²) in [6, 6.07) is 20.0. The lowest BCUT2D eigenvalue weighted by atomic mass is 10.0. The Hall–Kier alpha value is -2.73. The molecule has 0 aliphatic rings. The van der Waals surface area contributed by atoms with E-state index in [1.807, 2.05) is 48.5 Å².